The molecular formula is C15H19Cl2NO2. The van der Waals surface area contributed by atoms with Gasteiger partial charge in [-0.15, -0.1) is 0 Å². The summed E-state index contributed by atoms with van der Waals surface area (Å²) in [6, 6.07) is 5.43. The second kappa shape index (κ2) is 7.87. The van der Waals surface area contributed by atoms with Crippen molar-refractivity contribution in [2.75, 3.05) is 26.3 Å². The van der Waals surface area contributed by atoms with E-state index in [0.29, 0.717) is 23.1 Å². The van der Waals surface area contributed by atoms with Crippen LogP contribution in [-0.2, 0) is 16.0 Å². The van der Waals surface area contributed by atoms with Gasteiger partial charge in [-0.25, -0.2) is 0 Å². The maximum absolute atomic E-state index is 11.9. The predicted octanol–water partition coefficient (Wildman–Crippen LogP) is 3.57. The summed E-state index contributed by atoms with van der Waals surface area (Å²) >= 11 is 12.2. The highest BCUT2D eigenvalue weighted by Crippen LogP contribution is 2.24. The van der Waals surface area contributed by atoms with Crippen LogP contribution in [0.5, 0.6) is 0 Å². The minimum atomic E-state index is 0.0787. The van der Waals surface area contributed by atoms with E-state index in [2.05, 4.69) is 0 Å². The van der Waals surface area contributed by atoms with Crippen LogP contribution in [0.3, 0.4) is 0 Å². The monoisotopic (exact) mass is 315 g/mol. The van der Waals surface area contributed by atoms with Crippen LogP contribution in [0.2, 0.25) is 10.0 Å². The summed E-state index contributed by atoms with van der Waals surface area (Å²) < 4.78 is 5.45. The number of carbonyl (C=O) groups excluding carboxylic acids is 1. The van der Waals surface area contributed by atoms with Crippen LogP contribution in [0.15, 0.2) is 18.2 Å². The number of hydrogen-bond acceptors (Lipinski definition) is 2. The van der Waals surface area contributed by atoms with Crippen LogP contribution >= 0.6 is 23.2 Å². The fourth-order valence-electron chi connectivity index (χ4n) is 2.34. The maximum Gasteiger partial charge on any atom is 0.248 e. The van der Waals surface area contributed by atoms with Crippen molar-refractivity contribution in [1.29, 1.82) is 0 Å². The summed E-state index contributed by atoms with van der Waals surface area (Å²) in [4.78, 5) is 13.8. The van der Waals surface area contributed by atoms with Crippen molar-refractivity contribution in [3.05, 3.63) is 33.8 Å². The minimum Gasteiger partial charge on any atom is -0.371 e. The molecular weight excluding hydrogens is 297 g/mol. The van der Waals surface area contributed by atoms with Crippen molar-refractivity contribution in [1.82, 2.24) is 4.90 Å². The lowest BCUT2D eigenvalue weighted by molar-refractivity contribution is -0.137. The fraction of sp³-hybridized carbons (Fsp3) is 0.533. The lowest BCUT2D eigenvalue weighted by atomic mass is 10.1. The molecule has 0 unspecified atom stereocenters. The van der Waals surface area contributed by atoms with Gasteiger partial charge in [-0.05, 0) is 43.4 Å². The molecule has 1 amide bonds. The van der Waals surface area contributed by atoms with E-state index in [-0.39, 0.29) is 12.5 Å². The fourth-order valence-corrected chi connectivity index (χ4v) is 2.93. The molecule has 2 rings (SSSR count). The third-order valence-electron chi connectivity index (χ3n) is 3.49. The Bertz CT molecular complexity index is 439. The first-order chi connectivity index (χ1) is 9.68. The van der Waals surface area contributed by atoms with E-state index in [0.717, 1.165) is 31.5 Å². The number of halogens is 2. The maximum atomic E-state index is 11.9. The first kappa shape index (κ1) is 15.6. The highest BCUT2D eigenvalue weighted by molar-refractivity contribution is 6.35. The molecule has 1 aliphatic rings. The zero-order chi connectivity index (χ0) is 14.4. The molecule has 110 valence electrons. The average Bonchev–Trinajstić information content (AvgIpc) is 2.46. The Balaban J connectivity index is 1.72. The lowest BCUT2D eigenvalue weighted by Gasteiger charge is -2.26. The number of hydrogen-bond donors (Lipinski definition) is 0. The first-order valence-corrected chi connectivity index (χ1v) is 7.72. The molecule has 1 aliphatic heterocycles. The quantitative estimate of drug-likeness (QED) is 0.777. The first-order valence-electron chi connectivity index (χ1n) is 6.97. The van der Waals surface area contributed by atoms with E-state index in [4.69, 9.17) is 27.9 Å². The van der Waals surface area contributed by atoms with Crippen LogP contribution < -0.4 is 0 Å². The average molecular weight is 316 g/mol. The topological polar surface area (TPSA) is 29.5 Å². The predicted molar refractivity (Wildman–Crippen MR) is 81.4 cm³/mol. The molecule has 0 saturated carbocycles. The van der Waals surface area contributed by atoms with Gasteiger partial charge < -0.3 is 9.64 Å². The van der Waals surface area contributed by atoms with E-state index in [1.165, 1.54) is 6.42 Å². The van der Waals surface area contributed by atoms with Crippen LogP contribution in [0.1, 0.15) is 24.8 Å². The van der Waals surface area contributed by atoms with Crippen LogP contribution in [0.25, 0.3) is 0 Å². The molecule has 0 aliphatic carbocycles. The Morgan fingerprint density at radius 2 is 1.80 bits per heavy atom. The summed E-state index contributed by atoms with van der Waals surface area (Å²) in [5.74, 6) is 0.0787. The number of likely N-dealkylation sites (tertiary alicyclic amines) is 1. The van der Waals surface area contributed by atoms with Gasteiger partial charge in [-0.1, -0.05) is 29.3 Å². The minimum absolute atomic E-state index is 0.0787. The van der Waals surface area contributed by atoms with Crippen LogP contribution in [0, 0.1) is 0 Å². The Morgan fingerprint density at radius 1 is 1.15 bits per heavy atom. The van der Waals surface area contributed by atoms with Gasteiger partial charge in [-0.2, -0.15) is 0 Å². The number of amides is 1. The highest BCUT2D eigenvalue weighted by Gasteiger charge is 2.16. The smallest absolute Gasteiger partial charge is 0.248 e. The molecule has 1 heterocycles. The highest BCUT2D eigenvalue weighted by atomic mass is 35.5. The molecule has 0 spiro atoms. The number of rotatable bonds is 5. The second-order valence-corrected chi connectivity index (χ2v) is 5.76. The molecule has 20 heavy (non-hydrogen) atoms. The SMILES string of the molecule is O=C(COCCc1c(Cl)cccc1Cl)N1CCCCC1. The van der Waals surface area contributed by atoms with Crippen molar-refractivity contribution in [2.24, 2.45) is 0 Å². The van der Waals surface area contributed by atoms with Gasteiger partial charge in [0.2, 0.25) is 5.91 Å². The van der Waals surface area contributed by atoms with Crippen molar-refractivity contribution >= 4 is 29.1 Å². The summed E-state index contributed by atoms with van der Waals surface area (Å²) in [5.41, 5.74) is 0.876. The summed E-state index contributed by atoms with van der Waals surface area (Å²) in [5, 5.41) is 1.28. The Morgan fingerprint density at radius 3 is 2.45 bits per heavy atom. The number of benzene rings is 1. The Hall–Kier alpha value is -0.770. The van der Waals surface area contributed by atoms with Gasteiger partial charge in [0, 0.05) is 23.1 Å². The molecule has 5 heteroatoms. The molecule has 0 radical (unpaired) electrons. The number of ether oxygens (including phenoxy) is 1. The van der Waals surface area contributed by atoms with E-state index < -0.39 is 0 Å². The van der Waals surface area contributed by atoms with Crippen molar-refractivity contribution in [2.45, 2.75) is 25.7 Å². The van der Waals surface area contributed by atoms with Gasteiger partial charge in [0.1, 0.15) is 6.61 Å². The van der Waals surface area contributed by atoms with Gasteiger partial charge >= 0.3 is 0 Å². The van der Waals surface area contributed by atoms with Gasteiger partial charge in [-0.3, -0.25) is 4.79 Å². The molecule has 1 fully saturated rings. The zero-order valence-corrected chi connectivity index (χ0v) is 12.9. The van der Waals surface area contributed by atoms with Gasteiger partial charge in [0.15, 0.2) is 0 Å². The Labute approximate surface area is 129 Å². The standard InChI is InChI=1S/C15H19Cl2NO2/c16-13-5-4-6-14(17)12(13)7-10-20-11-15(19)18-8-2-1-3-9-18/h4-6H,1-3,7-11H2. The molecule has 3 nitrogen and oxygen atoms in total. The number of piperidine rings is 1. The summed E-state index contributed by atoms with van der Waals surface area (Å²) in [7, 11) is 0. The van der Waals surface area contributed by atoms with E-state index in [1.807, 2.05) is 23.1 Å². The normalized spacial score (nSPS) is 15.4. The van der Waals surface area contributed by atoms with E-state index in [9.17, 15) is 4.79 Å². The van der Waals surface area contributed by atoms with Gasteiger partial charge in [0.05, 0.1) is 6.61 Å². The van der Waals surface area contributed by atoms with E-state index in [1.54, 1.807) is 0 Å². The van der Waals surface area contributed by atoms with Crippen LogP contribution in [-0.4, -0.2) is 37.1 Å². The number of carbonyl (C=O) groups is 1. The molecule has 1 saturated heterocycles. The van der Waals surface area contributed by atoms with Gasteiger partial charge in [0.25, 0.3) is 0 Å². The third-order valence-corrected chi connectivity index (χ3v) is 4.20. The number of nitrogens with zero attached hydrogens (tertiary/aromatic N) is 1. The largest absolute Gasteiger partial charge is 0.371 e. The molecule has 0 bridgehead atoms. The zero-order valence-electron chi connectivity index (χ0n) is 11.4. The summed E-state index contributed by atoms with van der Waals surface area (Å²) in [6.45, 7) is 2.31. The van der Waals surface area contributed by atoms with E-state index >= 15 is 0 Å². The van der Waals surface area contributed by atoms with Crippen LogP contribution in [0.4, 0.5) is 0 Å². The lowest BCUT2D eigenvalue weighted by Crippen LogP contribution is -2.38. The van der Waals surface area contributed by atoms with Crippen molar-refractivity contribution in [3.63, 3.8) is 0 Å². The van der Waals surface area contributed by atoms with Crippen molar-refractivity contribution < 1.29 is 9.53 Å². The summed E-state index contributed by atoms with van der Waals surface area (Å²) in [6.07, 6.45) is 4.03. The molecule has 0 atom stereocenters. The molecule has 0 N–H and O–H groups in total. The second-order valence-electron chi connectivity index (χ2n) is 4.94. The molecule has 1 aromatic carbocycles. The molecule has 1 aromatic rings. The van der Waals surface area contributed by atoms with Crippen molar-refractivity contribution in [3.8, 4) is 0 Å². The molecule has 0 aromatic heterocycles. The third kappa shape index (κ3) is 4.37. The Kier molecular flexibility index (Phi) is 6.14.